The van der Waals surface area contributed by atoms with E-state index in [2.05, 4.69) is 10.3 Å². The number of amides is 1. The lowest BCUT2D eigenvalue weighted by Crippen LogP contribution is -2.15. The Morgan fingerprint density at radius 1 is 1.36 bits per heavy atom. The number of anilines is 1. The van der Waals surface area contributed by atoms with Gasteiger partial charge < -0.3 is 5.32 Å². The Morgan fingerprint density at radius 2 is 2.16 bits per heavy atom. The number of ketones is 1. The van der Waals surface area contributed by atoms with Crippen LogP contribution in [0.4, 0.5) is 10.1 Å². The van der Waals surface area contributed by atoms with Gasteiger partial charge in [-0.1, -0.05) is 35.9 Å². The molecule has 0 heterocycles. The second-order valence-electron chi connectivity index (χ2n) is 5.57. The number of nitrogens with zero attached hydrogens (tertiary/aromatic N) is 1. The van der Waals surface area contributed by atoms with Crippen molar-refractivity contribution in [3.05, 3.63) is 64.5 Å². The van der Waals surface area contributed by atoms with Gasteiger partial charge in [0.1, 0.15) is 18.1 Å². The number of rotatable bonds is 6. The van der Waals surface area contributed by atoms with Crippen LogP contribution in [0, 0.1) is 5.82 Å². The molecule has 0 atom stereocenters. The smallest absolute Gasteiger partial charge is 0.246 e. The van der Waals surface area contributed by atoms with Crippen LogP contribution in [0.3, 0.4) is 0 Å². The molecule has 1 aliphatic carbocycles. The third-order valence-corrected chi connectivity index (χ3v) is 3.70. The number of Topliss-reactive ketones (excluding diaryl/α,β-unsaturated/α-hetero) is 1. The maximum atomic E-state index is 13.9. The van der Waals surface area contributed by atoms with E-state index in [-0.39, 0.29) is 35.0 Å². The van der Waals surface area contributed by atoms with Crippen LogP contribution in [-0.4, -0.2) is 24.4 Å². The van der Waals surface area contributed by atoms with Crippen LogP contribution in [0.15, 0.2) is 53.1 Å². The summed E-state index contributed by atoms with van der Waals surface area (Å²) in [7, 11) is 0. The molecule has 6 heteroatoms. The fourth-order valence-corrected chi connectivity index (χ4v) is 2.45. The largest absolute Gasteiger partial charge is 0.323 e. The van der Waals surface area contributed by atoms with Gasteiger partial charge in [0, 0.05) is 12.6 Å². The number of benzene rings is 1. The van der Waals surface area contributed by atoms with Crippen molar-refractivity contribution in [3.8, 4) is 0 Å². The van der Waals surface area contributed by atoms with Crippen LogP contribution in [0.25, 0.3) is 0 Å². The van der Waals surface area contributed by atoms with Gasteiger partial charge >= 0.3 is 0 Å². The van der Waals surface area contributed by atoms with Crippen molar-refractivity contribution >= 4 is 35.2 Å². The third kappa shape index (κ3) is 6.12. The molecule has 0 aliphatic heterocycles. The number of halogens is 2. The van der Waals surface area contributed by atoms with Crippen LogP contribution >= 0.6 is 11.6 Å². The first-order chi connectivity index (χ1) is 12.0. The molecule has 1 aliphatic rings. The quantitative estimate of drug-likeness (QED) is 0.777. The van der Waals surface area contributed by atoms with E-state index < -0.39 is 11.7 Å². The summed E-state index contributed by atoms with van der Waals surface area (Å²) < 4.78 is 13.9. The first kappa shape index (κ1) is 18.8. The van der Waals surface area contributed by atoms with Crippen LogP contribution in [0.1, 0.15) is 18.9 Å². The van der Waals surface area contributed by atoms with Crippen molar-refractivity contribution in [1.29, 1.82) is 0 Å². The summed E-state index contributed by atoms with van der Waals surface area (Å²) in [5, 5.41) is 2.69. The number of nitrogens with one attached hydrogen (secondary N) is 1. The Bertz CT molecular complexity index is 795. The predicted octanol–water partition coefficient (Wildman–Crippen LogP) is 4.06. The summed E-state index contributed by atoms with van der Waals surface area (Å²) in [4.78, 5) is 27.0. The maximum absolute atomic E-state index is 13.9. The number of hydrogen-bond donors (Lipinski definition) is 1. The van der Waals surface area contributed by atoms with E-state index in [0.717, 1.165) is 18.1 Å². The average Bonchev–Trinajstić information content (AvgIpc) is 2.57. The highest BCUT2D eigenvalue weighted by Crippen LogP contribution is 2.26. The summed E-state index contributed by atoms with van der Waals surface area (Å²) in [6.07, 6.45) is 12.1. The topological polar surface area (TPSA) is 58.5 Å². The predicted molar refractivity (Wildman–Crippen MR) is 98.8 cm³/mol. The number of carbonyl (C=O) groups is 2. The lowest BCUT2D eigenvalue weighted by molar-refractivity contribution is -0.116. The molecule has 0 aromatic heterocycles. The summed E-state index contributed by atoms with van der Waals surface area (Å²) >= 11 is 6.04. The van der Waals surface area contributed by atoms with Crippen LogP contribution < -0.4 is 5.32 Å². The molecule has 1 aromatic rings. The normalized spacial score (nSPS) is 15.1. The van der Waals surface area contributed by atoms with Gasteiger partial charge in [-0.05, 0) is 42.7 Å². The van der Waals surface area contributed by atoms with Gasteiger partial charge in [-0.3, -0.25) is 14.6 Å². The van der Waals surface area contributed by atoms with E-state index >= 15 is 0 Å². The Labute approximate surface area is 150 Å². The van der Waals surface area contributed by atoms with Gasteiger partial charge in [-0.25, -0.2) is 4.39 Å². The Morgan fingerprint density at radius 3 is 2.84 bits per heavy atom. The lowest BCUT2D eigenvalue weighted by Gasteiger charge is -2.09. The van der Waals surface area contributed by atoms with E-state index in [1.165, 1.54) is 13.0 Å². The van der Waals surface area contributed by atoms with E-state index in [1.54, 1.807) is 6.21 Å². The van der Waals surface area contributed by atoms with Crippen LogP contribution in [-0.2, 0) is 16.0 Å². The zero-order valence-corrected chi connectivity index (χ0v) is 14.5. The van der Waals surface area contributed by atoms with E-state index in [4.69, 9.17) is 11.6 Å². The summed E-state index contributed by atoms with van der Waals surface area (Å²) in [5.41, 5.74) is 1.46. The third-order valence-electron chi connectivity index (χ3n) is 3.39. The van der Waals surface area contributed by atoms with Crippen LogP contribution in [0.5, 0.6) is 0 Å². The minimum atomic E-state index is -0.583. The Hall–Kier alpha value is -2.53. The van der Waals surface area contributed by atoms with Crippen molar-refractivity contribution < 1.29 is 14.0 Å². The molecule has 1 N–H and O–H groups in total. The Kier molecular flexibility index (Phi) is 6.83. The highest BCUT2D eigenvalue weighted by molar-refractivity contribution is 6.33. The molecule has 1 aromatic carbocycles. The number of allylic oxidation sites excluding steroid dienone is 6. The van der Waals surface area contributed by atoms with Gasteiger partial charge in [-0.15, -0.1) is 0 Å². The molecule has 0 saturated heterocycles. The second-order valence-corrected chi connectivity index (χ2v) is 5.98. The molecular weight excluding hydrogens is 343 g/mol. The van der Waals surface area contributed by atoms with E-state index in [1.807, 2.05) is 30.4 Å². The minimum absolute atomic E-state index is 0.0393. The highest BCUT2D eigenvalue weighted by Gasteiger charge is 2.12. The minimum Gasteiger partial charge on any atom is -0.323 e. The molecule has 1 amide bonds. The average molecular weight is 361 g/mol. The van der Waals surface area contributed by atoms with E-state index in [9.17, 15) is 14.0 Å². The van der Waals surface area contributed by atoms with Gasteiger partial charge in [0.05, 0.1) is 10.7 Å². The van der Waals surface area contributed by atoms with Crippen molar-refractivity contribution in [2.24, 2.45) is 4.99 Å². The standard InChI is InChI=1S/C19H18ClFN2O2/c1-13(24)9-15-10-16(20)18(11-17(15)21)23-19(25)12-22-8-7-14-5-3-2-4-6-14/h2-5,7-8,10-11H,6,9,12H2,1H3,(H,23,25)/b14-7-,22-8-. The molecule has 2 rings (SSSR count). The molecule has 130 valence electrons. The molecule has 0 saturated carbocycles. The summed E-state index contributed by atoms with van der Waals surface area (Å²) in [6.45, 7) is 1.27. The fraction of sp³-hybridized carbons (Fsp3) is 0.211. The number of carbonyl (C=O) groups excluding carboxylic acids is 2. The fourth-order valence-electron chi connectivity index (χ4n) is 2.21. The molecular formula is C19H18ClFN2O2. The maximum Gasteiger partial charge on any atom is 0.246 e. The lowest BCUT2D eigenvalue weighted by atomic mass is 10.1. The number of aliphatic imine (C=N–C) groups is 1. The zero-order valence-electron chi connectivity index (χ0n) is 13.8. The second kappa shape index (κ2) is 9.08. The van der Waals surface area contributed by atoms with Crippen LogP contribution in [0.2, 0.25) is 5.02 Å². The van der Waals surface area contributed by atoms with Crippen molar-refractivity contribution in [2.75, 3.05) is 11.9 Å². The molecule has 4 nitrogen and oxygen atoms in total. The van der Waals surface area contributed by atoms with Gasteiger partial charge in [-0.2, -0.15) is 0 Å². The summed E-state index contributed by atoms with van der Waals surface area (Å²) in [5.74, 6) is -1.16. The van der Waals surface area contributed by atoms with Crippen molar-refractivity contribution in [1.82, 2.24) is 0 Å². The first-order valence-corrected chi connectivity index (χ1v) is 8.13. The Balaban J connectivity index is 1.94. The van der Waals surface area contributed by atoms with Gasteiger partial charge in [0.25, 0.3) is 0 Å². The molecule has 25 heavy (non-hydrogen) atoms. The summed E-state index contributed by atoms with van der Waals surface area (Å²) in [6, 6.07) is 2.47. The zero-order chi connectivity index (χ0) is 18.2. The first-order valence-electron chi connectivity index (χ1n) is 7.75. The highest BCUT2D eigenvalue weighted by atomic mass is 35.5. The van der Waals surface area contributed by atoms with Crippen molar-refractivity contribution in [2.45, 2.75) is 19.8 Å². The van der Waals surface area contributed by atoms with Crippen molar-refractivity contribution in [3.63, 3.8) is 0 Å². The number of hydrogen-bond acceptors (Lipinski definition) is 3. The monoisotopic (exact) mass is 360 g/mol. The molecule has 0 spiro atoms. The molecule has 0 bridgehead atoms. The van der Waals surface area contributed by atoms with Gasteiger partial charge in [0.15, 0.2) is 0 Å². The molecule has 0 unspecified atom stereocenters. The molecule has 0 radical (unpaired) electrons. The molecule has 0 fully saturated rings. The van der Waals surface area contributed by atoms with Gasteiger partial charge in [0.2, 0.25) is 5.91 Å². The SMILES string of the molecule is CC(=O)Cc1cc(Cl)c(NC(=O)C/N=C\C=C2\C=CC=CC2)cc1F. The van der Waals surface area contributed by atoms with E-state index in [0.29, 0.717) is 0 Å².